The Labute approximate surface area is 88.3 Å². The predicted octanol–water partition coefficient (Wildman–Crippen LogP) is 3.79. The first kappa shape index (κ1) is 11.7. The van der Waals surface area contributed by atoms with Crippen molar-refractivity contribution in [3.8, 4) is 0 Å². The minimum atomic E-state index is -0.536. The van der Waals surface area contributed by atoms with E-state index in [1.54, 1.807) is 17.8 Å². The lowest BCUT2D eigenvalue weighted by molar-refractivity contribution is 0.591. The van der Waals surface area contributed by atoms with E-state index in [4.69, 9.17) is 0 Å². The average Bonchev–Trinajstić information content (AvgIpc) is 2.45. The van der Waals surface area contributed by atoms with Gasteiger partial charge in [0, 0.05) is 24.7 Å². The second-order valence-corrected chi connectivity index (χ2v) is 3.20. The van der Waals surface area contributed by atoms with E-state index in [1.165, 1.54) is 6.07 Å². The van der Waals surface area contributed by atoms with Gasteiger partial charge >= 0.3 is 0 Å². The first-order valence-electron chi connectivity index (χ1n) is 5.00. The average molecular weight is 211 g/mol. The molecule has 0 saturated heterocycles. The highest BCUT2D eigenvalue weighted by molar-refractivity contribution is 5.84. The van der Waals surface area contributed by atoms with Gasteiger partial charge in [-0.25, -0.2) is 8.78 Å². The van der Waals surface area contributed by atoms with Crippen molar-refractivity contribution in [3.63, 3.8) is 0 Å². The minimum absolute atomic E-state index is 0.492. The minimum Gasteiger partial charge on any atom is -0.350 e. The number of fused-ring (bicyclic) bond motifs is 1. The second-order valence-electron chi connectivity index (χ2n) is 3.20. The van der Waals surface area contributed by atoms with E-state index in [1.807, 2.05) is 20.8 Å². The van der Waals surface area contributed by atoms with Crippen LogP contribution < -0.4 is 0 Å². The number of hydrogen-bond donors (Lipinski definition) is 0. The van der Waals surface area contributed by atoms with Gasteiger partial charge in [-0.15, -0.1) is 0 Å². The van der Waals surface area contributed by atoms with E-state index in [2.05, 4.69) is 0 Å². The zero-order valence-corrected chi connectivity index (χ0v) is 9.44. The molecule has 1 aromatic carbocycles. The van der Waals surface area contributed by atoms with Gasteiger partial charge in [-0.3, -0.25) is 0 Å². The van der Waals surface area contributed by atoms with Gasteiger partial charge in [0.15, 0.2) is 0 Å². The molecule has 0 bridgehead atoms. The molecular formula is C12H15F2N. The van der Waals surface area contributed by atoms with Gasteiger partial charge < -0.3 is 4.57 Å². The van der Waals surface area contributed by atoms with Crippen molar-refractivity contribution in [2.45, 2.75) is 20.8 Å². The van der Waals surface area contributed by atoms with Gasteiger partial charge in [0.2, 0.25) is 0 Å². The molecule has 1 aromatic heterocycles. The van der Waals surface area contributed by atoms with Gasteiger partial charge in [0.05, 0.1) is 5.52 Å². The van der Waals surface area contributed by atoms with Gasteiger partial charge in [0.25, 0.3) is 0 Å². The first-order valence-corrected chi connectivity index (χ1v) is 5.00. The van der Waals surface area contributed by atoms with Crippen molar-refractivity contribution in [3.05, 3.63) is 35.5 Å². The summed E-state index contributed by atoms with van der Waals surface area (Å²) in [5.74, 6) is -1.03. The number of benzene rings is 1. The van der Waals surface area contributed by atoms with Crippen LogP contribution in [0.1, 0.15) is 19.4 Å². The van der Waals surface area contributed by atoms with Crippen LogP contribution in [0.2, 0.25) is 0 Å². The van der Waals surface area contributed by atoms with Crippen molar-refractivity contribution < 1.29 is 8.78 Å². The van der Waals surface area contributed by atoms with Crippen LogP contribution in [0.15, 0.2) is 18.3 Å². The molecule has 0 fully saturated rings. The largest absolute Gasteiger partial charge is 0.350 e. The number of aromatic nitrogens is 1. The zero-order valence-electron chi connectivity index (χ0n) is 9.44. The van der Waals surface area contributed by atoms with Crippen LogP contribution >= 0.6 is 0 Å². The van der Waals surface area contributed by atoms with Crippen LogP contribution in [-0.2, 0) is 7.05 Å². The van der Waals surface area contributed by atoms with E-state index in [0.29, 0.717) is 10.9 Å². The maximum absolute atomic E-state index is 13.3. The lowest BCUT2D eigenvalue weighted by atomic mass is 10.2. The first-order chi connectivity index (χ1) is 7.09. The van der Waals surface area contributed by atoms with Crippen LogP contribution in [0.5, 0.6) is 0 Å². The van der Waals surface area contributed by atoms with Crippen molar-refractivity contribution in [1.82, 2.24) is 4.57 Å². The summed E-state index contributed by atoms with van der Waals surface area (Å²) < 4.78 is 27.8. The van der Waals surface area contributed by atoms with Crippen LogP contribution in [0.25, 0.3) is 10.9 Å². The summed E-state index contributed by atoms with van der Waals surface area (Å²) in [7, 11) is 1.77. The number of hydrogen-bond acceptors (Lipinski definition) is 0. The Morgan fingerprint density at radius 1 is 1.13 bits per heavy atom. The van der Waals surface area contributed by atoms with Crippen LogP contribution in [0, 0.1) is 18.6 Å². The summed E-state index contributed by atoms with van der Waals surface area (Å²) >= 11 is 0. The molecule has 2 rings (SSSR count). The summed E-state index contributed by atoms with van der Waals surface area (Å²) in [4.78, 5) is 0. The van der Waals surface area contributed by atoms with Crippen molar-refractivity contribution >= 4 is 10.9 Å². The highest BCUT2D eigenvalue weighted by Gasteiger charge is 2.09. The lowest BCUT2D eigenvalue weighted by Crippen LogP contribution is -1.86. The molecule has 82 valence electrons. The number of halogens is 2. The SMILES string of the molecule is CC.Cc1cn(C)c2cc(F)cc(F)c12. The van der Waals surface area contributed by atoms with E-state index >= 15 is 0 Å². The van der Waals surface area contributed by atoms with Crippen molar-refractivity contribution in [2.75, 3.05) is 0 Å². The molecule has 3 heteroatoms. The molecule has 2 aromatic rings. The van der Waals surface area contributed by atoms with Crippen molar-refractivity contribution in [2.24, 2.45) is 7.05 Å². The summed E-state index contributed by atoms with van der Waals surface area (Å²) in [6, 6.07) is 2.25. The molecule has 0 spiro atoms. The van der Waals surface area contributed by atoms with Gasteiger partial charge in [-0.05, 0) is 18.6 Å². The Morgan fingerprint density at radius 3 is 2.33 bits per heavy atom. The summed E-state index contributed by atoms with van der Waals surface area (Å²) in [5.41, 5.74) is 1.42. The molecule has 0 saturated carbocycles. The van der Waals surface area contributed by atoms with Gasteiger partial charge in [0.1, 0.15) is 11.6 Å². The molecule has 1 nitrogen and oxygen atoms in total. The molecule has 0 N–H and O–H groups in total. The number of aryl methyl sites for hydroxylation is 2. The Morgan fingerprint density at radius 2 is 1.73 bits per heavy atom. The normalized spacial score (nSPS) is 10.0. The molecule has 0 amide bonds. The molecule has 0 atom stereocenters. The van der Waals surface area contributed by atoms with Gasteiger partial charge in [-0.1, -0.05) is 13.8 Å². The van der Waals surface area contributed by atoms with E-state index in [9.17, 15) is 8.78 Å². The Bertz CT molecular complexity index is 472. The third kappa shape index (κ3) is 2.01. The number of nitrogens with zero attached hydrogens (tertiary/aromatic N) is 1. The smallest absolute Gasteiger partial charge is 0.135 e. The zero-order chi connectivity index (χ0) is 11.6. The number of rotatable bonds is 0. The van der Waals surface area contributed by atoms with Crippen LogP contribution in [0.3, 0.4) is 0 Å². The third-order valence-corrected chi connectivity index (χ3v) is 2.20. The molecule has 0 unspecified atom stereocenters. The van der Waals surface area contributed by atoms with Crippen molar-refractivity contribution in [1.29, 1.82) is 0 Å². The van der Waals surface area contributed by atoms with Crippen LogP contribution in [-0.4, -0.2) is 4.57 Å². The second kappa shape index (κ2) is 4.43. The van der Waals surface area contributed by atoms with Gasteiger partial charge in [-0.2, -0.15) is 0 Å². The maximum atomic E-state index is 13.3. The van der Waals surface area contributed by atoms with E-state index in [0.717, 1.165) is 11.6 Å². The Balaban J connectivity index is 0.000000531. The molecular weight excluding hydrogens is 196 g/mol. The molecule has 15 heavy (non-hydrogen) atoms. The van der Waals surface area contributed by atoms with E-state index in [-0.39, 0.29) is 0 Å². The monoisotopic (exact) mass is 211 g/mol. The quantitative estimate of drug-likeness (QED) is 0.624. The Hall–Kier alpha value is -1.38. The fraction of sp³-hybridized carbons (Fsp3) is 0.333. The molecule has 0 radical (unpaired) electrons. The molecule has 1 heterocycles. The molecule has 0 aliphatic heterocycles. The summed E-state index contributed by atoms with van der Waals surface area (Å²) in [5, 5.41) is 0.504. The molecule has 0 aliphatic rings. The predicted molar refractivity (Wildman–Crippen MR) is 58.9 cm³/mol. The lowest BCUT2D eigenvalue weighted by Gasteiger charge is -1.97. The topological polar surface area (TPSA) is 4.93 Å². The summed E-state index contributed by atoms with van der Waals surface area (Å²) in [6.07, 6.45) is 1.78. The fourth-order valence-electron chi connectivity index (χ4n) is 1.65. The molecule has 0 aliphatic carbocycles. The Kier molecular flexibility index (Phi) is 3.45. The van der Waals surface area contributed by atoms with E-state index < -0.39 is 11.6 Å². The highest BCUT2D eigenvalue weighted by Crippen LogP contribution is 2.23. The highest BCUT2D eigenvalue weighted by atomic mass is 19.1. The van der Waals surface area contributed by atoms with Crippen LogP contribution in [0.4, 0.5) is 8.78 Å². The maximum Gasteiger partial charge on any atom is 0.135 e. The standard InChI is InChI=1S/C10H9F2N.C2H6/c1-6-5-13(2)9-4-7(11)3-8(12)10(6)9;1-2/h3-5H,1-2H3;1-2H3. The fourth-order valence-corrected chi connectivity index (χ4v) is 1.65. The third-order valence-electron chi connectivity index (χ3n) is 2.20. The summed E-state index contributed by atoms with van der Waals surface area (Å²) in [6.45, 7) is 5.81.